The number of piperidine rings is 1. The number of hydrogen-bond acceptors (Lipinski definition) is 5. The summed E-state index contributed by atoms with van der Waals surface area (Å²) in [7, 11) is 0. The quantitative estimate of drug-likeness (QED) is 0.814. The Balaban J connectivity index is 1.66. The Bertz CT molecular complexity index is 709. The zero-order chi connectivity index (χ0) is 18.8. The van der Waals surface area contributed by atoms with Crippen molar-refractivity contribution in [3.8, 4) is 6.07 Å². The lowest BCUT2D eigenvalue weighted by Crippen LogP contribution is -2.51. The van der Waals surface area contributed by atoms with Gasteiger partial charge in [0.2, 0.25) is 5.91 Å². The van der Waals surface area contributed by atoms with E-state index in [4.69, 9.17) is 4.74 Å². The molecule has 2 aliphatic heterocycles. The second-order valence-corrected chi connectivity index (χ2v) is 7.62. The lowest BCUT2D eigenvalue weighted by molar-refractivity contribution is -0.148. The number of nitriles is 1. The van der Waals surface area contributed by atoms with Crippen LogP contribution in [0.4, 0.5) is 5.69 Å². The van der Waals surface area contributed by atoms with E-state index in [9.17, 15) is 10.1 Å². The molecular weight excluding hydrogens is 328 g/mol. The molecule has 3 heterocycles. The van der Waals surface area contributed by atoms with Crippen molar-refractivity contribution in [1.82, 2.24) is 9.88 Å². The number of anilines is 1. The molecule has 2 atom stereocenters. The first-order valence-corrected chi connectivity index (χ1v) is 9.46. The fourth-order valence-electron chi connectivity index (χ4n) is 4.18. The van der Waals surface area contributed by atoms with Crippen LogP contribution in [0.2, 0.25) is 0 Å². The average molecular weight is 356 g/mol. The van der Waals surface area contributed by atoms with Gasteiger partial charge in [0.05, 0.1) is 29.2 Å². The zero-order valence-electron chi connectivity index (χ0n) is 16.2. The van der Waals surface area contributed by atoms with Crippen molar-refractivity contribution < 1.29 is 9.53 Å². The van der Waals surface area contributed by atoms with Gasteiger partial charge in [-0.05, 0) is 46.6 Å². The van der Waals surface area contributed by atoms with E-state index >= 15 is 0 Å². The van der Waals surface area contributed by atoms with E-state index in [0.717, 1.165) is 43.0 Å². The molecule has 6 heteroatoms. The maximum absolute atomic E-state index is 12.9. The van der Waals surface area contributed by atoms with Crippen LogP contribution in [0, 0.1) is 31.1 Å². The standard InChI is InChI=1S/C20H28N4O2/c1-13-9-19(18(10-21)16(4)22-13)23-7-5-17(6-8-23)20(25)24-11-14(2)26-15(3)12-24/h9,14-15,17H,5-8,11-12H2,1-4H3. The van der Waals surface area contributed by atoms with Crippen LogP contribution in [0.25, 0.3) is 0 Å². The van der Waals surface area contributed by atoms with Crippen LogP contribution in [-0.4, -0.2) is 54.2 Å². The molecule has 140 valence electrons. The molecule has 3 rings (SSSR count). The van der Waals surface area contributed by atoms with Gasteiger partial charge >= 0.3 is 0 Å². The molecule has 0 bridgehead atoms. The molecular formula is C20H28N4O2. The van der Waals surface area contributed by atoms with E-state index in [1.165, 1.54) is 0 Å². The van der Waals surface area contributed by atoms with Gasteiger partial charge in [-0.25, -0.2) is 0 Å². The number of carbonyl (C=O) groups excluding carboxylic acids is 1. The van der Waals surface area contributed by atoms with Crippen LogP contribution in [0.1, 0.15) is 43.6 Å². The third kappa shape index (κ3) is 3.83. The number of rotatable bonds is 2. The first-order chi connectivity index (χ1) is 12.4. The summed E-state index contributed by atoms with van der Waals surface area (Å²) in [5, 5.41) is 9.49. The number of aromatic nitrogens is 1. The summed E-state index contributed by atoms with van der Waals surface area (Å²) in [6.07, 6.45) is 1.85. The molecule has 1 amide bonds. The Labute approximate surface area is 155 Å². The Morgan fingerprint density at radius 1 is 1.23 bits per heavy atom. The van der Waals surface area contributed by atoms with Gasteiger partial charge in [0, 0.05) is 37.8 Å². The fourth-order valence-corrected chi connectivity index (χ4v) is 4.18. The molecule has 6 nitrogen and oxygen atoms in total. The van der Waals surface area contributed by atoms with E-state index < -0.39 is 0 Å². The van der Waals surface area contributed by atoms with Gasteiger partial charge in [0.15, 0.2) is 0 Å². The number of amides is 1. The van der Waals surface area contributed by atoms with Gasteiger partial charge in [0.25, 0.3) is 0 Å². The SMILES string of the molecule is Cc1cc(N2CCC(C(=O)N3CC(C)OC(C)C3)CC2)c(C#N)c(C)n1. The molecule has 2 saturated heterocycles. The van der Waals surface area contributed by atoms with Crippen molar-refractivity contribution in [2.45, 2.75) is 52.7 Å². The third-order valence-corrected chi connectivity index (χ3v) is 5.34. The van der Waals surface area contributed by atoms with Crippen molar-refractivity contribution in [3.05, 3.63) is 23.0 Å². The number of aryl methyl sites for hydroxylation is 2. The third-order valence-electron chi connectivity index (χ3n) is 5.34. The average Bonchev–Trinajstić information content (AvgIpc) is 2.60. The maximum atomic E-state index is 12.9. The summed E-state index contributed by atoms with van der Waals surface area (Å²) < 4.78 is 5.74. The molecule has 2 fully saturated rings. The largest absolute Gasteiger partial charge is 0.372 e. The summed E-state index contributed by atoms with van der Waals surface area (Å²) in [6, 6.07) is 4.28. The second-order valence-electron chi connectivity index (χ2n) is 7.62. The topological polar surface area (TPSA) is 69.5 Å². The minimum Gasteiger partial charge on any atom is -0.372 e. The van der Waals surface area contributed by atoms with E-state index in [0.29, 0.717) is 18.7 Å². The van der Waals surface area contributed by atoms with Gasteiger partial charge in [-0.3, -0.25) is 9.78 Å². The molecule has 0 N–H and O–H groups in total. The van der Waals surface area contributed by atoms with Crippen molar-refractivity contribution in [1.29, 1.82) is 5.26 Å². The van der Waals surface area contributed by atoms with Gasteiger partial charge < -0.3 is 14.5 Å². The van der Waals surface area contributed by atoms with Crippen LogP contribution >= 0.6 is 0 Å². The summed E-state index contributed by atoms with van der Waals surface area (Å²) >= 11 is 0. The Morgan fingerprint density at radius 2 is 1.85 bits per heavy atom. The molecule has 1 aromatic rings. The van der Waals surface area contributed by atoms with Crippen LogP contribution in [0.5, 0.6) is 0 Å². The highest BCUT2D eigenvalue weighted by atomic mass is 16.5. The molecule has 0 aromatic carbocycles. The van der Waals surface area contributed by atoms with Crippen LogP contribution in [0.15, 0.2) is 6.07 Å². The number of pyridine rings is 1. The first kappa shape index (κ1) is 18.7. The van der Waals surface area contributed by atoms with Crippen molar-refractivity contribution in [2.24, 2.45) is 5.92 Å². The van der Waals surface area contributed by atoms with Gasteiger partial charge in [0.1, 0.15) is 6.07 Å². The van der Waals surface area contributed by atoms with Crippen LogP contribution in [-0.2, 0) is 9.53 Å². The van der Waals surface area contributed by atoms with E-state index in [1.54, 1.807) is 0 Å². The normalized spacial score (nSPS) is 24.4. The van der Waals surface area contributed by atoms with Crippen molar-refractivity contribution >= 4 is 11.6 Å². The van der Waals surface area contributed by atoms with Gasteiger partial charge in [-0.15, -0.1) is 0 Å². The van der Waals surface area contributed by atoms with Gasteiger partial charge in [-0.1, -0.05) is 0 Å². The number of morpholine rings is 1. The summed E-state index contributed by atoms with van der Waals surface area (Å²) in [6.45, 7) is 10.8. The molecule has 0 spiro atoms. The molecule has 0 radical (unpaired) electrons. The second kappa shape index (κ2) is 7.63. The lowest BCUT2D eigenvalue weighted by atomic mass is 9.93. The minimum atomic E-state index is 0.0679. The Morgan fingerprint density at radius 3 is 2.42 bits per heavy atom. The number of ether oxygens (including phenoxy) is 1. The summed E-state index contributed by atoms with van der Waals surface area (Å²) in [4.78, 5) is 21.5. The van der Waals surface area contributed by atoms with Crippen LogP contribution in [0.3, 0.4) is 0 Å². The van der Waals surface area contributed by atoms with E-state index in [-0.39, 0.29) is 24.0 Å². The molecule has 0 saturated carbocycles. The monoisotopic (exact) mass is 356 g/mol. The highest BCUT2D eigenvalue weighted by molar-refractivity contribution is 5.79. The van der Waals surface area contributed by atoms with Crippen molar-refractivity contribution in [2.75, 3.05) is 31.1 Å². The zero-order valence-corrected chi connectivity index (χ0v) is 16.2. The highest BCUT2D eigenvalue weighted by Crippen LogP contribution is 2.29. The smallest absolute Gasteiger partial charge is 0.225 e. The Hall–Kier alpha value is -2.13. The Kier molecular flexibility index (Phi) is 5.47. The molecule has 0 aliphatic carbocycles. The van der Waals surface area contributed by atoms with E-state index in [2.05, 4.69) is 16.0 Å². The molecule has 1 aromatic heterocycles. The molecule has 26 heavy (non-hydrogen) atoms. The predicted octanol–water partition coefficient (Wildman–Crippen LogP) is 2.42. The minimum absolute atomic E-state index is 0.0679. The fraction of sp³-hybridized carbons (Fsp3) is 0.650. The van der Waals surface area contributed by atoms with Gasteiger partial charge in [-0.2, -0.15) is 5.26 Å². The number of carbonyl (C=O) groups is 1. The van der Waals surface area contributed by atoms with Crippen LogP contribution < -0.4 is 4.90 Å². The molecule has 2 aliphatic rings. The summed E-state index contributed by atoms with van der Waals surface area (Å²) in [5.41, 5.74) is 3.30. The highest BCUT2D eigenvalue weighted by Gasteiger charge is 2.33. The first-order valence-electron chi connectivity index (χ1n) is 9.46. The number of nitrogens with zero attached hydrogens (tertiary/aromatic N) is 4. The van der Waals surface area contributed by atoms with Crippen molar-refractivity contribution in [3.63, 3.8) is 0 Å². The van der Waals surface area contributed by atoms with E-state index in [1.807, 2.05) is 38.7 Å². The number of hydrogen-bond donors (Lipinski definition) is 0. The lowest BCUT2D eigenvalue weighted by Gasteiger charge is -2.39. The predicted molar refractivity (Wildman–Crippen MR) is 100.0 cm³/mol. The maximum Gasteiger partial charge on any atom is 0.225 e. The molecule has 2 unspecified atom stereocenters. The summed E-state index contributed by atoms with van der Waals surface area (Å²) in [5.74, 6) is 0.326.